The van der Waals surface area contributed by atoms with Gasteiger partial charge in [0.2, 0.25) is 0 Å². The van der Waals surface area contributed by atoms with Gasteiger partial charge in [0, 0.05) is 30.0 Å². The lowest BCUT2D eigenvalue weighted by molar-refractivity contribution is 0.394. The second-order valence-electron chi connectivity index (χ2n) is 5.04. The Labute approximate surface area is 154 Å². The maximum absolute atomic E-state index is 6.09. The van der Waals surface area contributed by atoms with Crippen LogP contribution < -0.4 is 9.47 Å². The first-order valence-electron chi connectivity index (χ1n) is 7.02. The molecule has 0 aliphatic rings. The summed E-state index contributed by atoms with van der Waals surface area (Å²) >= 11 is 17.5. The van der Waals surface area contributed by atoms with E-state index >= 15 is 0 Å². The summed E-state index contributed by atoms with van der Waals surface area (Å²) in [4.78, 5) is 3.18. The molecule has 1 aromatic heterocycles. The van der Waals surface area contributed by atoms with Crippen molar-refractivity contribution in [3.05, 3.63) is 57.4 Å². The Morgan fingerprint density at radius 1 is 0.958 bits per heavy atom. The van der Waals surface area contributed by atoms with E-state index in [0.717, 1.165) is 16.9 Å². The number of nitrogens with zero attached hydrogens (tertiary/aromatic N) is 1. The average molecular weight is 381 g/mol. The molecule has 0 saturated heterocycles. The highest BCUT2D eigenvalue weighted by molar-refractivity contribution is 7.71. The molecule has 1 N–H and O–H groups in total. The van der Waals surface area contributed by atoms with Crippen molar-refractivity contribution in [1.82, 2.24) is 9.55 Å². The van der Waals surface area contributed by atoms with Crippen molar-refractivity contribution in [3.8, 4) is 28.4 Å². The molecule has 0 saturated carbocycles. The normalized spacial score (nSPS) is 10.7. The van der Waals surface area contributed by atoms with Crippen molar-refractivity contribution >= 4 is 35.4 Å². The first-order chi connectivity index (χ1) is 11.5. The molecule has 0 radical (unpaired) electrons. The fourth-order valence-electron chi connectivity index (χ4n) is 2.33. The summed E-state index contributed by atoms with van der Waals surface area (Å²) in [5.74, 6) is 1.37. The molecule has 0 bridgehead atoms. The average Bonchev–Trinajstić information content (AvgIpc) is 2.98. The SMILES string of the molecule is COc1cc(OC)cc(-n2cc(-c3ccc(Cl)c(Cl)c3)[nH]c2=S)c1. The van der Waals surface area contributed by atoms with Crippen LogP contribution in [0.4, 0.5) is 0 Å². The molecule has 0 fully saturated rings. The summed E-state index contributed by atoms with van der Waals surface area (Å²) in [6, 6.07) is 11.0. The van der Waals surface area contributed by atoms with Crippen molar-refractivity contribution in [1.29, 1.82) is 0 Å². The van der Waals surface area contributed by atoms with E-state index in [4.69, 9.17) is 44.9 Å². The van der Waals surface area contributed by atoms with Gasteiger partial charge in [0.1, 0.15) is 11.5 Å². The van der Waals surface area contributed by atoms with Crippen LogP contribution in [0.2, 0.25) is 10.0 Å². The van der Waals surface area contributed by atoms with E-state index in [0.29, 0.717) is 26.3 Å². The van der Waals surface area contributed by atoms with Gasteiger partial charge in [0.05, 0.1) is 35.6 Å². The molecule has 4 nitrogen and oxygen atoms in total. The van der Waals surface area contributed by atoms with Crippen molar-refractivity contribution in [3.63, 3.8) is 0 Å². The van der Waals surface area contributed by atoms with Crippen LogP contribution in [-0.2, 0) is 0 Å². The van der Waals surface area contributed by atoms with Crippen molar-refractivity contribution < 1.29 is 9.47 Å². The Hall–Kier alpha value is -1.95. The van der Waals surface area contributed by atoms with E-state index in [1.165, 1.54) is 0 Å². The molecule has 2 aromatic carbocycles. The Morgan fingerprint density at radius 2 is 1.62 bits per heavy atom. The highest BCUT2D eigenvalue weighted by atomic mass is 35.5. The minimum Gasteiger partial charge on any atom is -0.497 e. The molecule has 7 heteroatoms. The van der Waals surface area contributed by atoms with Crippen LogP contribution in [0.5, 0.6) is 11.5 Å². The molecule has 0 aliphatic heterocycles. The number of rotatable bonds is 4. The first-order valence-corrected chi connectivity index (χ1v) is 8.19. The molecule has 3 rings (SSSR count). The monoisotopic (exact) mass is 380 g/mol. The quantitative estimate of drug-likeness (QED) is 0.605. The van der Waals surface area contributed by atoms with Crippen LogP contribution in [0.15, 0.2) is 42.6 Å². The van der Waals surface area contributed by atoms with Crippen LogP contribution in [0.1, 0.15) is 0 Å². The number of nitrogens with one attached hydrogen (secondary N) is 1. The fraction of sp³-hybridized carbons (Fsp3) is 0.118. The molecule has 0 aliphatic carbocycles. The number of aromatic amines is 1. The lowest BCUT2D eigenvalue weighted by Crippen LogP contribution is -1.95. The zero-order valence-corrected chi connectivity index (χ0v) is 15.3. The van der Waals surface area contributed by atoms with Gasteiger partial charge < -0.3 is 14.5 Å². The molecule has 3 aromatic rings. The third kappa shape index (κ3) is 3.29. The summed E-state index contributed by atoms with van der Waals surface area (Å²) in [6.45, 7) is 0. The summed E-state index contributed by atoms with van der Waals surface area (Å²) in [5, 5.41) is 1.00. The summed E-state index contributed by atoms with van der Waals surface area (Å²) in [6.07, 6.45) is 1.90. The van der Waals surface area contributed by atoms with Gasteiger partial charge in [-0.1, -0.05) is 29.3 Å². The number of aromatic nitrogens is 2. The van der Waals surface area contributed by atoms with E-state index in [9.17, 15) is 0 Å². The Balaban J connectivity index is 2.09. The van der Waals surface area contributed by atoms with Gasteiger partial charge in [0.25, 0.3) is 0 Å². The maximum Gasteiger partial charge on any atom is 0.182 e. The number of benzene rings is 2. The molecular formula is C17H14Cl2N2O2S. The van der Waals surface area contributed by atoms with Gasteiger partial charge in [-0.05, 0) is 24.4 Å². The summed E-state index contributed by atoms with van der Waals surface area (Å²) < 4.78 is 13.0. The maximum atomic E-state index is 6.09. The number of hydrogen-bond donors (Lipinski definition) is 1. The second kappa shape index (κ2) is 6.89. The molecule has 1 heterocycles. The van der Waals surface area contributed by atoms with E-state index < -0.39 is 0 Å². The zero-order valence-electron chi connectivity index (χ0n) is 13.0. The smallest absolute Gasteiger partial charge is 0.182 e. The fourth-order valence-corrected chi connectivity index (χ4v) is 2.90. The molecule has 124 valence electrons. The Kier molecular flexibility index (Phi) is 4.85. The van der Waals surface area contributed by atoms with E-state index in [2.05, 4.69) is 4.98 Å². The number of methoxy groups -OCH3 is 2. The first kappa shape index (κ1) is 16.9. The number of hydrogen-bond acceptors (Lipinski definition) is 3. The minimum absolute atomic E-state index is 0.490. The molecule has 0 spiro atoms. The van der Waals surface area contributed by atoms with E-state index in [1.54, 1.807) is 32.4 Å². The highest BCUT2D eigenvalue weighted by Gasteiger charge is 2.09. The van der Waals surface area contributed by atoms with Crippen molar-refractivity contribution in [2.45, 2.75) is 0 Å². The predicted octanol–water partition coefficient (Wildman–Crippen LogP) is 5.53. The van der Waals surface area contributed by atoms with Crippen LogP contribution in [0, 0.1) is 4.77 Å². The molecular weight excluding hydrogens is 367 g/mol. The van der Waals surface area contributed by atoms with Crippen LogP contribution >= 0.6 is 35.4 Å². The van der Waals surface area contributed by atoms with Gasteiger partial charge in [-0.2, -0.15) is 0 Å². The standard InChI is InChI=1S/C17H14Cl2N2O2S/c1-22-12-6-11(7-13(8-12)23-2)21-9-16(20-17(21)24)10-3-4-14(18)15(19)5-10/h3-9H,1-2H3,(H,20,24). The Bertz CT molecular complexity index is 928. The van der Waals surface area contributed by atoms with Crippen LogP contribution in [0.25, 0.3) is 16.9 Å². The topological polar surface area (TPSA) is 39.2 Å². The predicted molar refractivity (Wildman–Crippen MR) is 99.5 cm³/mol. The Morgan fingerprint density at radius 3 is 2.21 bits per heavy atom. The zero-order chi connectivity index (χ0) is 17.3. The van der Waals surface area contributed by atoms with Gasteiger partial charge >= 0.3 is 0 Å². The summed E-state index contributed by atoms with van der Waals surface area (Å²) in [5.41, 5.74) is 2.56. The van der Waals surface area contributed by atoms with Crippen molar-refractivity contribution in [2.24, 2.45) is 0 Å². The van der Waals surface area contributed by atoms with E-state index in [1.807, 2.05) is 29.0 Å². The van der Waals surface area contributed by atoms with Crippen LogP contribution in [0.3, 0.4) is 0 Å². The largest absolute Gasteiger partial charge is 0.497 e. The van der Waals surface area contributed by atoms with Crippen LogP contribution in [-0.4, -0.2) is 23.8 Å². The second-order valence-corrected chi connectivity index (χ2v) is 6.24. The van der Waals surface area contributed by atoms with Crippen molar-refractivity contribution in [2.75, 3.05) is 14.2 Å². The van der Waals surface area contributed by atoms with Gasteiger partial charge in [-0.25, -0.2) is 0 Å². The summed E-state index contributed by atoms with van der Waals surface area (Å²) in [7, 11) is 3.21. The van der Waals surface area contributed by atoms with Gasteiger partial charge in [-0.15, -0.1) is 0 Å². The van der Waals surface area contributed by atoms with Gasteiger partial charge in [-0.3, -0.25) is 4.57 Å². The minimum atomic E-state index is 0.490. The molecule has 24 heavy (non-hydrogen) atoms. The van der Waals surface area contributed by atoms with Gasteiger partial charge in [0.15, 0.2) is 4.77 Å². The lowest BCUT2D eigenvalue weighted by atomic mass is 10.2. The number of ether oxygens (including phenoxy) is 2. The number of halogens is 2. The van der Waals surface area contributed by atoms with E-state index in [-0.39, 0.29) is 0 Å². The third-order valence-electron chi connectivity index (χ3n) is 3.56. The highest BCUT2D eigenvalue weighted by Crippen LogP contribution is 2.30. The molecule has 0 atom stereocenters. The number of imidazole rings is 1. The molecule has 0 amide bonds. The molecule has 0 unspecified atom stereocenters. The number of H-pyrrole nitrogens is 1. The third-order valence-corrected chi connectivity index (χ3v) is 4.60. The lowest BCUT2D eigenvalue weighted by Gasteiger charge is -2.09.